The molecule has 10 heteroatoms. The Kier molecular flexibility index (Phi) is 43.4. The third-order valence-electron chi connectivity index (χ3n) is 11.5. The van der Waals surface area contributed by atoms with Crippen LogP contribution in [0.5, 0.6) is 0 Å². The van der Waals surface area contributed by atoms with Gasteiger partial charge in [0.1, 0.15) is 19.3 Å². The third kappa shape index (κ3) is 45.1. The fourth-order valence-electron chi connectivity index (χ4n) is 7.42. The van der Waals surface area contributed by atoms with Crippen molar-refractivity contribution in [3.8, 4) is 0 Å². The minimum Gasteiger partial charge on any atom is -0.456 e. The van der Waals surface area contributed by atoms with Gasteiger partial charge in [0, 0.05) is 12.8 Å². The van der Waals surface area contributed by atoms with Crippen LogP contribution in [0, 0.1) is 0 Å². The van der Waals surface area contributed by atoms with Crippen LogP contribution in [-0.2, 0) is 27.9 Å². The van der Waals surface area contributed by atoms with Crippen molar-refractivity contribution in [3.05, 3.63) is 48.6 Å². The van der Waals surface area contributed by atoms with Crippen molar-refractivity contribution >= 4 is 19.7 Å². The molecule has 0 saturated carbocycles. The molecule has 0 aliphatic rings. The van der Waals surface area contributed by atoms with Gasteiger partial charge in [-0.15, -0.1) is 0 Å². The molecule has 3 atom stereocenters. The number of nitrogens with zero attached hydrogens (tertiary/aromatic N) is 1. The highest BCUT2D eigenvalue weighted by Gasteiger charge is 2.30. The average Bonchev–Trinajstić information content (AvgIpc) is 3.25. The summed E-state index contributed by atoms with van der Waals surface area (Å²) in [5, 5.41) is 3.02. The Labute approximate surface area is 395 Å². The van der Waals surface area contributed by atoms with Gasteiger partial charge >= 0.3 is 13.8 Å². The Morgan fingerprint density at radius 3 is 1.50 bits per heavy atom. The van der Waals surface area contributed by atoms with Crippen molar-refractivity contribution in [2.75, 3.05) is 40.9 Å². The van der Waals surface area contributed by atoms with Crippen molar-refractivity contribution in [1.82, 2.24) is 5.32 Å². The average molecular weight is 922 g/mol. The number of carbonyl (C=O) groups excluding carboxylic acids is 2. The zero-order chi connectivity index (χ0) is 47.3. The fourth-order valence-corrected chi connectivity index (χ4v) is 8.16. The van der Waals surface area contributed by atoms with Gasteiger partial charge in [-0.1, -0.05) is 205 Å². The van der Waals surface area contributed by atoms with E-state index in [0.717, 1.165) is 89.9 Å². The highest BCUT2D eigenvalue weighted by molar-refractivity contribution is 7.47. The maximum Gasteiger partial charge on any atom is 0.472 e. The van der Waals surface area contributed by atoms with Crippen LogP contribution in [0.25, 0.3) is 0 Å². The van der Waals surface area contributed by atoms with Gasteiger partial charge in [-0.3, -0.25) is 18.6 Å². The maximum absolute atomic E-state index is 13.4. The molecule has 0 aromatic carbocycles. The first-order chi connectivity index (χ1) is 30.9. The molecular formula is C54H102N2O7P+. The van der Waals surface area contributed by atoms with E-state index in [1.165, 1.54) is 109 Å². The van der Waals surface area contributed by atoms with Gasteiger partial charge in [-0.05, 0) is 63.9 Å². The van der Waals surface area contributed by atoms with Crippen molar-refractivity contribution < 1.29 is 37.3 Å². The molecule has 0 aliphatic carbocycles. The lowest BCUT2D eigenvalue weighted by molar-refractivity contribution is -0.870. The molecule has 0 aromatic heterocycles. The van der Waals surface area contributed by atoms with Gasteiger partial charge in [0.25, 0.3) is 0 Å². The molecule has 0 saturated heterocycles. The van der Waals surface area contributed by atoms with Crippen LogP contribution in [-0.4, -0.2) is 74.3 Å². The number of esters is 1. The van der Waals surface area contributed by atoms with Crippen LogP contribution >= 0.6 is 7.82 Å². The van der Waals surface area contributed by atoms with Crippen molar-refractivity contribution in [2.24, 2.45) is 0 Å². The molecule has 0 spiro atoms. The molecule has 64 heavy (non-hydrogen) atoms. The van der Waals surface area contributed by atoms with Gasteiger partial charge < -0.3 is 19.4 Å². The summed E-state index contributed by atoms with van der Waals surface area (Å²) in [5.41, 5.74) is 0. The third-order valence-corrected chi connectivity index (χ3v) is 12.5. The summed E-state index contributed by atoms with van der Waals surface area (Å²) < 4.78 is 30.5. The van der Waals surface area contributed by atoms with E-state index in [1.54, 1.807) is 0 Å². The number of unbranched alkanes of at least 4 members (excludes halogenated alkanes) is 25. The number of likely N-dealkylation sites (N-methyl/N-ethyl adjacent to an activating group) is 1. The number of hydrogen-bond donors (Lipinski definition) is 2. The molecule has 0 aliphatic heterocycles. The summed E-state index contributed by atoms with van der Waals surface area (Å²) in [6.07, 6.45) is 52.4. The normalized spacial score (nSPS) is 14.3. The van der Waals surface area contributed by atoms with Crippen LogP contribution in [0.4, 0.5) is 0 Å². The number of amides is 1. The summed E-state index contributed by atoms with van der Waals surface area (Å²) in [4.78, 5) is 37.4. The summed E-state index contributed by atoms with van der Waals surface area (Å²) in [7, 11) is 1.48. The molecule has 2 N–H and O–H groups in total. The lowest BCUT2D eigenvalue weighted by Crippen LogP contribution is -2.47. The lowest BCUT2D eigenvalue weighted by Gasteiger charge is -2.27. The smallest absolute Gasteiger partial charge is 0.456 e. The molecule has 0 fully saturated rings. The molecule has 0 bridgehead atoms. The molecule has 0 radical (unpaired) electrons. The Balaban J connectivity index is 5.43. The highest BCUT2D eigenvalue weighted by Crippen LogP contribution is 2.43. The Morgan fingerprint density at radius 2 is 1.00 bits per heavy atom. The standard InChI is InChI=1S/C54H101N2O7P/c1-7-10-13-16-19-22-25-27-29-31-34-37-40-43-46-53(57)55-51(50-62-64(59,60)61-49-48-56(4,5)6)52(45-42-39-36-33-30-24-21-18-15-12-9-3)63-54(58)47-44-41-38-35-32-28-26-23-20-17-14-11-8-2/h10,13,19,22,27,29,42,45,51-52H,7-9,11-12,14-18,20-21,23-26,28,30-41,43-44,46-50H2,1-6H3,(H-,55,57,59,60)/p+1/b13-10+,22-19+,29-27+,45-42+. The van der Waals surface area contributed by atoms with Gasteiger partial charge in [0.15, 0.2) is 0 Å². The minimum absolute atomic E-state index is 0.0360. The minimum atomic E-state index is -4.44. The van der Waals surface area contributed by atoms with Gasteiger partial charge in [-0.2, -0.15) is 0 Å². The quantitative estimate of drug-likeness (QED) is 0.0206. The Morgan fingerprint density at radius 1 is 0.562 bits per heavy atom. The second-order valence-electron chi connectivity index (χ2n) is 19.0. The predicted octanol–water partition coefficient (Wildman–Crippen LogP) is 15.4. The largest absolute Gasteiger partial charge is 0.472 e. The van der Waals surface area contributed by atoms with E-state index in [4.69, 9.17) is 13.8 Å². The number of nitrogens with one attached hydrogen (secondary N) is 1. The second-order valence-corrected chi connectivity index (χ2v) is 20.5. The molecule has 0 rings (SSSR count). The number of phosphoric ester groups is 1. The number of allylic oxidation sites excluding steroid dienone is 7. The van der Waals surface area contributed by atoms with E-state index < -0.39 is 20.0 Å². The first kappa shape index (κ1) is 62.0. The van der Waals surface area contributed by atoms with E-state index in [2.05, 4.69) is 62.5 Å². The molecular weight excluding hydrogens is 820 g/mol. The molecule has 9 nitrogen and oxygen atoms in total. The number of hydrogen-bond acceptors (Lipinski definition) is 6. The van der Waals surface area contributed by atoms with E-state index in [0.29, 0.717) is 17.4 Å². The van der Waals surface area contributed by atoms with Crippen LogP contribution in [0.15, 0.2) is 48.6 Å². The van der Waals surface area contributed by atoms with Gasteiger partial charge in [0.2, 0.25) is 5.91 Å². The van der Waals surface area contributed by atoms with Crippen molar-refractivity contribution in [3.63, 3.8) is 0 Å². The second kappa shape index (κ2) is 44.8. The van der Waals surface area contributed by atoms with Crippen LogP contribution in [0.2, 0.25) is 0 Å². The number of carbonyl (C=O) groups is 2. The summed E-state index contributed by atoms with van der Waals surface area (Å²) in [5.74, 6) is -0.529. The van der Waals surface area contributed by atoms with E-state index in [9.17, 15) is 19.0 Å². The lowest BCUT2D eigenvalue weighted by atomic mass is 10.0. The van der Waals surface area contributed by atoms with E-state index >= 15 is 0 Å². The fraction of sp³-hybridized carbons (Fsp3) is 0.815. The summed E-state index contributed by atoms with van der Waals surface area (Å²) >= 11 is 0. The number of quaternary nitrogens is 1. The van der Waals surface area contributed by atoms with Crippen LogP contribution < -0.4 is 5.32 Å². The van der Waals surface area contributed by atoms with Crippen molar-refractivity contribution in [2.45, 2.75) is 245 Å². The molecule has 0 aromatic rings. The maximum atomic E-state index is 13.4. The molecule has 1 amide bonds. The SMILES string of the molecule is CC/C=C/C/C=C/C/C=C/CCCCCCC(=O)NC(COP(=O)(O)OCC[N+](C)(C)C)C(/C=C/CCCCCCCCCCC)OC(=O)CCCCCCCCCCCCCCC. The Hall–Kier alpha value is -2.03. The first-order valence-corrected chi connectivity index (χ1v) is 28.0. The monoisotopic (exact) mass is 922 g/mol. The van der Waals surface area contributed by atoms with Gasteiger partial charge in [0.05, 0.1) is 33.8 Å². The van der Waals surface area contributed by atoms with E-state index in [1.807, 2.05) is 33.3 Å². The highest BCUT2D eigenvalue weighted by atomic mass is 31.2. The molecule has 374 valence electrons. The topological polar surface area (TPSA) is 111 Å². The predicted molar refractivity (Wildman–Crippen MR) is 272 cm³/mol. The summed E-state index contributed by atoms with van der Waals surface area (Å²) in [6.45, 7) is 6.86. The van der Waals surface area contributed by atoms with Crippen molar-refractivity contribution in [1.29, 1.82) is 0 Å². The first-order valence-electron chi connectivity index (χ1n) is 26.5. The zero-order valence-corrected chi connectivity index (χ0v) is 43.4. The zero-order valence-electron chi connectivity index (χ0n) is 42.5. The number of rotatable bonds is 47. The van der Waals surface area contributed by atoms with Crippen LogP contribution in [0.3, 0.4) is 0 Å². The van der Waals surface area contributed by atoms with E-state index in [-0.39, 0.29) is 31.5 Å². The van der Waals surface area contributed by atoms with Crippen LogP contribution in [0.1, 0.15) is 233 Å². The Bertz CT molecular complexity index is 1240. The van der Waals surface area contributed by atoms with Gasteiger partial charge in [-0.25, -0.2) is 4.57 Å². The molecule has 0 heterocycles. The number of phosphoric acid groups is 1. The molecule has 3 unspecified atom stereocenters. The summed E-state index contributed by atoms with van der Waals surface area (Å²) in [6, 6.07) is -0.855. The number of ether oxygens (including phenoxy) is 1.